The Hall–Kier alpha value is -3.27. The van der Waals surface area contributed by atoms with Crippen molar-refractivity contribution in [2.24, 2.45) is 4.99 Å². The number of piperazine rings is 1. The zero-order chi connectivity index (χ0) is 24.5. The third kappa shape index (κ3) is 4.80. The molecule has 0 spiro atoms. The highest BCUT2D eigenvalue weighted by molar-refractivity contribution is 9.10. The Labute approximate surface area is 211 Å². The number of likely N-dealkylation sites (N-methyl/N-ethyl adjacent to an activating group) is 1. The summed E-state index contributed by atoms with van der Waals surface area (Å²) in [7, 11) is 2.12. The van der Waals surface area contributed by atoms with Crippen LogP contribution in [0.5, 0.6) is 5.88 Å². The minimum Gasteiger partial charge on any atom is -0.494 e. The highest BCUT2D eigenvalue weighted by atomic mass is 79.9. The summed E-state index contributed by atoms with van der Waals surface area (Å²) in [6.07, 6.45) is 0. The number of benzene rings is 2. The van der Waals surface area contributed by atoms with Crippen LogP contribution in [0.15, 0.2) is 58.0 Å². The van der Waals surface area contributed by atoms with E-state index in [1.807, 2.05) is 24.3 Å². The first-order valence-corrected chi connectivity index (χ1v) is 12.3. The molecule has 3 aromatic rings. The Balaban J connectivity index is 1.28. The van der Waals surface area contributed by atoms with Gasteiger partial charge in [0.05, 0.1) is 22.5 Å². The maximum atomic E-state index is 12.8. The maximum Gasteiger partial charge on any atom is 0.280 e. The minimum absolute atomic E-state index is 0.103. The van der Waals surface area contributed by atoms with Crippen LogP contribution in [0.25, 0.3) is 11.3 Å². The average Bonchev–Trinajstić information content (AvgIpc) is 3.39. The van der Waals surface area contributed by atoms with Crippen molar-refractivity contribution in [2.75, 3.05) is 46.3 Å². The molecular formula is C26H26BrN5O3. The Morgan fingerprint density at radius 1 is 1.03 bits per heavy atom. The largest absolute Gasteiger partial charge is 0.494 e. The third-order valence-corrected chi connectivity index (χ3v) is 7.04. The van der Waals surface area contributed by atoms with Crippen LogP contribution in [-0.4, -0.2) is 83.7 Å². The van der Waals surface area contributed by atoms with Gasteiger partial charge in [-0.25, -0.2) is 4.99 Å². The van der Waals surface area contributed by atoms with Crippen LogP contribution in [0.4, 0.5) is 0 Å². The van der Waals surface area contributed by atoms with Gasteiger partial charge in [0, 0.05) is 54.9 Å². The summed E-state index contributed by atoms with van der Waals surface area (Å²) in [6, 6.07) is 14.4. The molecule has 35 heavy (non-hydrogen) atoms. The summed E-state index contributed by atoms with van der Waals surface area (Å²) in [4.78, 5) is 37.1. The number of nitrogens with zero attached hydrogens (tertiary/aromatic N) is 3. The Morgan fingerprint density at radius 2 is 1.69 bits per heavy atom. The van der Waals surface area contributed by atoms with Crippen LogP contribution in [-0.2, 0) is 0 Å². The maximum absolute atomic E-state index is 12.8. The molecule has 9 heteroatoms. The lowest BCUT2D eigenvalue weighted by atomic mass is 10.00. The molecule has 5 rings (SSSR count). The van der Waals surface area contributed by atoms with E-state index < -0.39 is 5.91 Å². The van der Waals surface area contributed by atoms with Crippen molar-refractivity contribution >= 4 is 33.5 Å². The second-order valence-electron chi connectivity index (χ2n) is 8.85. The molecule has 2 aliphatic heterocycles. The van der Waals surface area contributed by atoms with Crippen LogP contribution in [0.1, 0.15) is 31.8 Å². The molecule has 1 aromatic heterocycles. The lowest BCUT2D eigenvalue weighted by molar-refractivity contribution is 0.0940. The van der Waals surface area contributed by atoms with E-state index in [-0.39, 0.29) is 11.8 Å². The van der Waals surface area contributed by atoms with E-state index in [2.05, 4.69) is 48.1 Å². The van der Waals surface area contributed by atoms with Crippen LogP contribution < -0.4 is 5.32 Å². The predicted octanol–water partition coefficient (Wildman–Crippen LogP) is 3.12. The van der Waals surface area contributed by atoms with Gasteiger partial charge in [0.25, 0.3) is 11.8 Å². The fourth-order valence-corrected chi connectivity index (χ4v) is 4.73. The first-order valence-electron chi connectivity index (χ1n) is 11.5. The van der Waals surface area contributed by atoms with Gasteiger partial charge in [-0.15, -0.1) is 0 Å². The SMILES string of the molecule is CN1CCN(CCNC(=O)c2ccc(-c3[nH]c(O)c4c3C(=O)N=C4c3ccc(Br)cc3)cc2)CC1. The fraction of sp³-hybridized carbons (Fsp3) is 0.269. The number of H-pyrrole nitrogens is 1. The van der Waals surface area contributed by atoms with Crippen molar-refractivity contribution in [1.82, 2.24) is 20.1 Å². The van der Waals surface area contributed by atoms with Gasteiger partial charge >= 0.3 is 0 Å². The molecule has 0 bridgehead atoms. The van der Waals surface area contributed by atoms with Crippen LogP contribution in [0, 0.1) is 0 Å². The van der Waals surface area contributed by atoms with Gasteiger partial charge in [0.2, 0.25) is 0 Å². The van der Waals surface area contributed by atoms with E-state index in [0.29, 0.717) is 40.2 Å². The molecule has 0 saturated carbocycles. The van der Waals surface area contributed by atoms with Gasteiger partial charge in [0.1, 0.15) is 0 Å². The molecule has 2 aliphatic rings. The minimum atomic E-state index is -0.407. The van der Waals surface area contributed by atoms with Crippen molar-refractivity contribution < 1.29 is 14.7 Å². The second-order valence-corrected chi connectivity index (χ2v) is 9.76. The number of carbonyl (C=O) groups excluding carboxylic acids is 2. The number of rotatable bonds is 6. The Bertz CT molecular complexity index is 1290. The fourth-order valence-electron chi connectivity index (χ4n) is 4.47. The molecule has 0 unspecified atom stereocenters. The molecule has 2 amide bonds. The van der Waals surface area contributed by atoms with Gasteiger partial charge in [-0.3, -0.25) is 14.5 Å². The molecule has 180 valence electrons. The number of aromatic hydroxyl groups is 1. The van der Waals surface area contributed by atoms with Crippen molar-refractivity contribution in [2.45, 2.75) is 0 Å². The normalized spacial score (nSPS) is 16.3. The smallest absolute Gasteiger partial charge is 0.280 e. The van der Waals surface area contributed by atoms with E-state index in [4.69, 9.17) is 0 Å². The number of nitrogens with one attached hydrogen (secondary N) is 2. The van der Waals surface area contributed by atoms with E-state index in [1.54, 1.807) is 24.3 Å². The van der Waals surface area contributed by atoms with Crippen LogP contribution >= 0.6 is 15.9 Å². The van der Waals surface area contributed by atoms with E-state index in [1.165, 1.54) is 0 Å². The standard InChI is InChI=1S/C26H26BrN5O3/c1-31-12-14-32(15-13-31)11-10-28-24(33)18-4-2-16(3-5-18)22-20-21(26(35)29-22)23(30-25(20)34)17-6-8-19(27)9-7-17/h2-9,29,35H,10-15H2,1H3,(H,28,33). The molecule has 0 radical (unpaired) electrons. The van der Waals surface area contributed by atoms with Crippen molar-refractivity contribution in [3.8, 4) is 17.1 Å². The number of fused-ring (bicyclic) bond motifs is 1. The Kier molecular flexibility index (Phi) is 6.55. The highest BCUT2D eigenvalue weighted by Crippen LogP contribution is 2.38. The number of aromatic amines is 1. The summed E-state index contributed by atoms with van der Waals surface area (Å²) in [5.41, 5.74) is 3.63. The number of hydrogen-bond donors (Lipinski definition) is 3. The third-order valence-electron chi connectivity index (χ3n) is 6.51. The van der Waals surface area contributed by atoms with Gasteiger partial charge in [0.15, 0.2) is 5.88 Å². The van der Waals surface area contributed by atoms with E-state index in [9.17, 15) is 14.7 Å². The highest BCUT2D eigenvalue weighted by Gasteiger charge is 2.33. The monoisotopic (exact) mass is 535 g/mol. The molecule has 0 aliphatic carbocycles. The number of amides is 2. The molecule has 3 heterocycles. The zero-order valence-corrected chi connectivity index (χ0v) is 20.9. The molecule has 1 fully saturated rings. The van der Waals surface area contributed by atoms with Crippen molar-refractivity contribution in [3.05, 3.63) is 75.3 Å². The lowest BCUT2D eigenvalue weighted by Crippen LogP contribution is -2.46. The lowest BCUT2D eigenvalue weighted by Gasteiger charge is -2.32. The van der Waals surface area contributed by atoms with Gasteiger partial charge in [-0.2, -0.15) is 0 Å². The quantitative estimate of drug-likeness (QED) is 0.450. The summed E-state index contributed by atoms with van der Waals surface area (Å²) in [5, 5.41) is 13.6. The van der Waals surface area contributed by atoms with E-state index >= 15 is 0 Å². The van der Waals surface area contributed by atoms with Gasteiger partial charge in [-0.1, -0.05) is 40.2 Å². The van der Waals surface area contributed by atoms with E-state index in [0.717, 1.165) is 42.8 Å². The average molecular weight is 536 g/mol. The number of aromatic nitrogens is 1. The van der Waals surface area contributed by atoms with Crippen molar-refractivity contribution in [3.63, 3.8) is 0 Å². The zero-order valence-electron chi connectivity index (χ0n) is 19.3. The molecule has 2 aromatic carbocycles. The molecule has 1 saturated heterocycles. The van der Waals surface area contributed by atoms with Gasteiger partial charge in [-0.05, 0) is 36.9 Å². The summed E-state index contributed by atoms with van der Waals surface area (Å²) in [5.74, 6) is -0.648. The molecule has 3 N–H and O–H groups in total. The van der Waals surface area contributed by atoms with Gasteiger partial charge < -0.3 is 20.3 Å². The number of aliphatic imine (C=N–C) groups is 1. The van der Waals surface area contributed by atoms with Crippen LogP contribution in [0.2, 0.25) is 0 Å². The first kappa shape index (κ1) is 23.5. The summed E-state index contributed by atoms with van der Waals surface area (Å²) in [6.45, 7) is 5.54. The van der Waals surface area contributed by atoms with Crippen molar-refractivity contribution in [1.29, 1.82) is 0 Å². The summed E-state index contributed by atoms with van der Waals surface area (Å²) >= 11 is 3.40. The molecular weight excluding hydrogens is 510 g/mol. The number of hydrogen-bond acceptors (Lipinski definition) is 5. The molecule has 0 atom stereocenters. The van der Waals surface area contributed by atoms with Crippen LogP contribution in [0.3, 0.4) is 0 Å². The molecule has 8 nitrogen and oxygen atoms in total. The first-order chi connectivity index (χ1) is 16.9. The second kappa shape index (κ2) is 9.77. The number of halogens is 1. The predicted molar refractivity (Wildman–Crippen MR) is 138 cm³/mol. The topological polar surface area (TPSA) is 101 Å². The summed E-state index contributed by atoms with van der Waals surface area (Å²) < 4.78 is 0.911. The Morgan fingerprint density at radius 3 is 2.37 bits per heavy atom. The number of carbonyl (C=O) groups is 2.